The van der Waals surface area contributed by atoms with Crippen LogP contribution in [0.25, 0.3) is 0 Å². The number of carbonyl (C=O) groups is 1. The number of benzene rings is 1. The molecule has 1 aromatic rings. The lowest BCUT2D eigenvalue weighted by molar-refractivity contribution is -0.129. The Hall–Kier alpha value is -1.46. The number of nitrogens with two attached hydrogens (primary N) is 1. The van der Waals surface area contributed by atoms with Crippen LogP contribution in [0.4, 0.5) is 0 Å². The molecule has 2 N–H and O–H groups in total. The molecule has 0 bridgehead atoms. The first-order chi connectivity index (χ1) is 9.49. The fraction of sp³-hybridized carbons (Fsp3) is 0.500. The van der Waals surface area contributed by atoms with E-state index in [9.17, 15) is 4.79 Å². The first-order valence-electron chi connectivity index (χ1n) is 6.39. The second-order valence-corrected chi connectivity index (χ2v) is 4.96. The van der Waals surface area contributed by atoms with Crippen molar-refractivity contribution in [2.45, 2.75) is 12.8 Å². The molecule has 0 spiro atoms. The molecule has 1 amide bonds. The summed E-state index contributed by atoms with van der Waals surface area (Å²) in [6.45, 7) is 0.767. The quantitative estimate of drug-likeness (QED) is 0.832. The SMILES string of the molecule is COc1cc(Cl)cc(CCN)c1OCCC(=O)N(C)C. The van der Waals surface area contributed by atoms with Crippen LogP contribution >= 0.6 is 11.6 Å². The zero-order chi connectivity index (χ0) is 15.1. The lowest BCUT2D eigenvalue weighted by atomic mass is 10.1. The summed E-state index contributed by atoms with van der Waals surface area (Å²) in [7, 11) is 4.98. The molecule has 1 aromatic carbocycles. The summed E-state index contributed by atoms with van der Waals surface area (Å²) in [5.74, 6) is 1.17. The summed E-state index contributed by atoms with van der Waals surface area (Å²) < 4.78 is 11.0. The smallest absolute Gasteiger partial charge is 0.225 e. The predicted molar refractivity (Wildman–Crippen MR) is 79.6 cm³/mol. The number of carbonyl (C=O) groups excluding carboxylic acids is 1. The van der Waals surface area contributed by atoms with Gasteiger partial charge in [-0.05, 0) is 19.0 Å². The van der Waals surface area contributed by atoms with Crippen LogP contribution in [0.1, 0.15) is 12.0 Å². The van der Waals surface area contributed by atoms with Crippen molar-refractivity contribution in [3.63, 3.8) is 0 Å². The Kier molecular flexibility index (Phi) is 6.61. The molecule has 0 saturated heterocycles. The van der Waals surface area contributed by atoms with Gasteiger partial charge in [0.15, 0.2) is 11.5 Å². The fourth-order valence-electron chi connectivity index (χ4n) is 1.74. The van der Waals surface area contributed by atoms with Gasteiger partial charge in [0.1, 0.15) is 0 Å². The molecular formula is C14H21ClN2O3. The number of rotatable bonds is 7. The zero-order valence-electron chi connectivity index (χ0n) is 12.1. The molecule has 1 rings (SSSR count). The maximum atomic E-state index is 11.5. The van der Waals surface area contributed by atoms with Gasteiger partial charge in [0, 0.05) is 30.7 Å². The van der Waals surface area contributed by atoms with Crippen LogP contribution in [0.3, 0.4) is 0 Å². The number of ether oxygens (including phenoxy) is 2. The van der Waals surface area contributed by atoms with Crippen LogP contribution in [-0.4, -0.2) is 45.2 Å². The molecule has 0 fully saturated rings. The molecule has 0 aliphatic rings. The molecule has 0 atom stereocenters. The standard InChI is InChI=1S/C14H21ClN2O3/c1-17(2)13(18)5-7-20-14-10(4-6-16)8-11(15)9-12(14)19-3/h8-9H,4-7,16H2,1-3H3. The highest BCUT2D eigenvalue weighted by Crippen LogP contribution is 2.35. The van der Waals surface area contributed by atoms with Crippen molar-refractivity contribution in [2.75, 3.05) is 34.4 Å². The van der Waals surface area contributed by atoms with Crippen molar-refractivity contribution in [1.82, 2.24) is 4.90 Å². The van der Waals surface area contributed by atoms with Gasteiger partial charge in [-0.15, -0.1) is 0 Å². The van der Waals surface area contributed by atoms with Gasteiger partial charge in [0.25, 0.3) is 0 Å². The third-order valence-electron chi connectivity index (χ3n) is 2.79. The fourth-order valence-corrected chi connectivity index (χ4v) is 1.97. The number of amides is 1. The molecule has 0 aliphatic heterocycles. The number of nitrogens with zero attached hydrogens (tertiary/aromatic N) is 1. The van der Waals surface area contributed by atoms with E-state index in [1.165, 1.54) is 4.90 Å². The summed E-state index contributed by atoms with van der Waals surface area (Å²) in [6.07, 6.45) is 0.939. The maximum absolute atomic E-state index is 11.5. The Bertz CT molecular complexity index is 464. The minimum Gasteiger partial charge on any atom is -0.493 e. The Morgan fingerprint density at radius 2 is 2.10 bits per heavy atom. The normalized spacial score (nSPS) is 10.2. The lowest BCUT2D eigenvalue weighted by Gasteiger charge is -2.16. The minimum absolute atomic E-state index is 0.0123. The maximum Gasteiger partial charge on any atom is 0.225 e. The van der Waals surface area contributed by atoms with Gasteiger partial charge in [0.2, 0.25) is 5.91 Å². The Balaban J connectivity index is 2.83. The van der Waals surface area contributed by atoms with Gasteiger partial charge in [0.05, 0.1) is 20.1 Å². The summed E-state index contributed by atoms with van der Waals surface area (Å²) >= 11 is 6.03. The molecule has 112 valence electrons. The van der Waals surface area contributed by atoms with Crippen molar-refractivity contribution in [3.05, 3.63) is 22.7 Å². The second-order valence-electron chi connectivity index (χ2n) is 4.52. The van der Waals surface area contributed by atoms with Crippen LogP contribution in [0.5, 0.6) is 11.5 Å². The summed E-state index contributed by atoms with van der Waals surface area (Å²) in [5.41, 5.74) is 6.47. The van der Waals surface area contributed by atoms with Crippen molar-refractivity contribution >= 4 is 17.5 Å². The summed E-state index contributed by atoms with van der Waals surface area (Å²) in [5, 5.41) is 0.571. The average Bonchev–Trinajstić information content (AvgIpc) is 2.40. The first kappa shape index (κ1) is 16.6. The third-order valence-corrected chi connectivity index (χ3v) is 3.01. The molecular weight excluding hydrogens is 280 g/mol. The molecule has 0 radical (unpaired) electrons. The van der Waals surface area contributed by atoms with Gasteiger partial charge < -0.3 is 20.1 Å². The van der Waals surface area contributed by atoms with E-state index in [1.807, 2.05) is 0 Å². The molecule has 5 nitrogen and oxygen atoms in total. The highest BCUT2D eigenvalue weighted by Gasteiger charge is 2.13. The predicted octanol–water partition coefficient (Wildman–Crippen LogP) is 1.71. The number of halogens is 1. The van der Waals surface area contributed by atoms with Crippen LogP contribution in [0.2, 0.25) is 5.02 Å². The first-order valence-corrected chi connectivity index (χ1v) is 6.76. The van der Waals surface area contributed by atoms with E-state index in [0.717, 1.165) is 5.56 Å². The third kappa shape index (κ3) is 4.58. The highest BCUT2D eigenvalue weighted by atomic mass is 35.5. The van der Waals surface area contributed by atoms with E-state index in [1.54, 1.807) is 33.3 Å². The molecule has 0 aromatic heterocycles. The van der Waals surface area contributed by atoms with E-state index in [4.69, 9.17) is 26.8 Å². The van der Waals surface area contributed by atoms with E-state index in [-0.39, 0.29) is 12.5 Å². The average molecular weight is 301 g/mol. The largest absolute Gasteiger partial charge is 0.493 e. The highest BCUT2D eigenvalue weighted by molar-refractivity contribution is 6.30. The Morgan fingerprint density at radius 1 is 1.40 bits per heavy atom. The Labute approximate surface area is 124 Å². The van der Waals surface area contributed by atoms with Crippen molar-refractivity contribution in [2.24, 2.45) is 5.73 Å². The van der Waals surface area contributed by atoms with Crippen molar-refractivity contribution < 1.29 is 14.3 Å². The molecule has 0 saturated carbocycles. The van der Waals surface area contributed by atoms with Crippen LogP contribution in [-0.2, 0) is 11.2 Å². The van der Waals surface area contributed by atoms with Gasteiger partial charge in [-0.25, -0.2) is 0 Å². The van der Waals surface area contributed by atoms with E-state index >= 15 is 0 Å². The van der Waals surface area contributed by atoms with Crippen LogP contribution < -0.4 is 15.2 Å². The number of hydrogen-bond donors (Lipinski definition) is 1. The molecule has 0 unspecified atom stereocenters. The number of hydrogen-bond acceptors (Lipinski definition) is 4. The lowest BCUT2D eigenvalue weighted by Crippen LogP contribution is -2.23. The number of methoxy groups -OCH3 is 1. The van der Waals surface area contributed by atoms with Crippen molar-refractivity contribution in [3.8, 4) is 11.5 Å². The summed E-state index contributed by atoms with van der Waals surface area (Å²) in [6, 6.07) is 3.49. The minimum atomic E-state index is 0.0123. The molecule has 0 aliphatic carbocycles. The van der Waals surface area contributed by atoms with Crippen molar-refractivity contribution in [1.29, 1.82) is 0 Å². The summed E-state index contributed by atoms with van der Waals surface area (Å²) in [4.78, 5) is 13.1. The second kappa shape index (κ2) is 7.97. The van der Waals surface area contributed by atoms with E-state index < -0.39 is 0 Å². The van der Waals surface area contributed by atoms with Crippen LogP contribution in [0, 0.1) is 0 Å². The molecule has 0 heterocycles. The van der Waals surface area contributed by atoms with E-state index in [2.05, 4.69) is 0 Å². The topological polar surface area (TPSA) is 64.8 Å². The zero-order valence-corrected chi connectivity index (χ0v) is 12.9. The van der Waals surface area contributed by atoms with Gasteiger partial charge >= 0.3 is 0 Å². The van der Waals surface area contributed by atoms with Gasteiger partial charge in [-0.2, -0.15) is 0 Å². The van der Waals surface area contributed by atoms with E-state index in [0.29, 0.717) is 35.9 Å². The molecule has 20 heavy (non-hydrogen) atoms. The van der Waals surface area contributed by atoms with Gasteiger partial charge in [-0.1, -0.05) is 11.6 Å². The Morgan fingerprint density at radius 3 is 2.65 bits per heavy atom. The molecule has 6 heteroatoms. The van der Waals surface area contributed by atoms with Crippen LogP contribution in [0.15, 0.2) is 12.1 Å². The monoisotopic (exact) mass is 300 g/mol. The van der Waals surface area contributed by atoms with Gasteiger partial charge in [-0.3, -0.25) is 4.79 Å².